The molecule has 0 radical (unpaired) electrons. The highest BCUT2D eigenvalue weighted by Crippen LogP contribution is 2.26. The van der Waals surface area contributed by atoms with E-state index in [9.17, 15) is 0 Å². The van der Waals surface area contributed by atoms with E-state index < -0.39 is 0 Å². The monoisotopic (exact) mass is 249 g/mol. The molecule has 0 saturated carbocycles. The van der Waals surface area contributed by atoms with Gasteiger partial charge in [0.15, 0.2) is 0 Å². The van der Waals surface area contributed by atoms with Crippen LogP contribution in [-0.4, -0.2) is 58.3 Å². The molecule has 0 spiro atoms. The third-order valence-corrected chi connectivity index (χ3v) is 3.46. The fourth-order valence-corrected chi connectivity index (χ4v) is 2.29. The minimum Gasteiger partial charge on any atom is -0.495 e. The van der Waals surface area contributed by atoms with Crippen molar-refractivity contribution in [2.45, 2.75) is 0 Å². The molecular formula is C14H23N3O. The van der Waals surface area contributed by atoms with Crippen molar-refractivity contribution in [2.75, 3.05) is 58.3 Å². The van der Waals surface area contributed by atoms with Crippen molar-refractivity contribution in [3.8, 4) is 5.75 Å². The van der Waals surface area contributed by atoms with Gasteiger partial charge in [-0.25, -0.2) is 0 Å². The van der Waals surface area contributed by atoms with Gasteiger partial charge in [0, 0.05) is 46.3 Å². The highest BCUT2D eigenvalue weighted by atomic mass is 16.5. The molecule has 0 aliphatic carbocycles. The van der Waals surface area contributed by atoms with E-state index in [0.29, 0.717) is 0 Å². The Labute approximate surface area is 110 Å². The summed E-state index contributed by atoms with van der Waals surface area (Å²) >= 11 is 0. The fraction of sp³-hybridized carbons (Fsp3) is 0.571. The van der Waals surface area contributed by atoms with Crippen LogP contribution in [0.1, 0.15) is 0 Å². The smallest absolute Gasteiger partial charge is 0.142 e. The summed E-state index contributed by atoms with van der Waals surface area (Å²) in [6, 6.07) is 8.18. The molecule has 4 nitrogen and oxygen atoms in total. The van der Waals surface area contributed by atoms with Gasteiger partial charge in [-0.2, -0.15) is 0 Å². The lowest BCUT2D eigenvalue weighted by atomic mass is 10.2. The molecule has 1 aromatic rings. The van der Waals surface area contributed by atoms with Crippen molar-refractivity contribution in [2.24, 2.45) is 0 Å². The second kappa shape index (κ2) is 6.61. The van der Waals surface area contributed by atoms with Crippen molar-refractivity contribution in [1.82, 2.24) is 10.2 Å². The van der Waals surface area contributed by atoms with E-state index in [-0.39, 0.29) is 0 Å². The first kappa shape index (κ1) is 13.2. The topological polar surface area (TPSA) is 27.7 Å². The maximum Gasteiger partial charge on any atom is 0.142 e. The van der Waals surface area contributed by atoms with E-state index in [1.165, 1.54) is 0 Å². The Balaban J connectivity index is 1.88. The van der Waals surface area contributed by atoms with Crippen LogP contribution in [0.4, 0.5) is 5.69 Å². The summed E-state index contributed by atoms with van der Waals surface area (Å²) < 4.78 is 5.39. The van der Waals surface area contributed by atoms with Crippen LogP contribution < -0.4 is 15.0 Å². The number of para-hydroxylation sites is 2. The summed E-state index contributed by atoms with van der Waals surface area (Å²) in [5.41, 5.74) is 1.16. The zero-order valence-electron chi connectivity index (χ0n) is 11.4. The molecule has 1 aromatic carbocycles. The van der Waals surface area contributed by atoms with Gasteiger partial charge >= 0.3 is 0 Å². The molecule has 0 atom stereocenters. The first-order valence-corrected chi connectivity index (χ1v) is 6.58. The molecular weight excluding hydrogens is 226 g/mol. The SMILES string of the molecule is COc1ccccc1N(C)CCN1CCNCC1. The first-order valence-electron chi connectivity index (χ1n) is 6.58. The number of nitrogens with one attached hydrogen (secondary N) is 1. The zero-order chi connectivity index (χ0) is 12.8. The second-order valence-corrected chi connectivity index (χ2v) is 4.69. The van der Waals surface area contributed by atoms with Gasteiger partial charge in [-0.05, 0) is 12.1 Å². The quantitative estimate of drug-likeness (QED) is 0.844. The number of nitrogens with zero attached hydrogens (tertiary/aromatic N) is 2. The predicted octanol–water partition coefficient (Wildman–Crippen LogP) is 1.04. The summed E-state index contributed by atoms with van der Waals surface area (Å²) in [5.74, 6) is 0.945. The van der Waals surface area contributed by atoms with Crippen molar-refractivity contribution in [3.63, 3.8) is 0 Å². The van der Waals surface area contributed by atoms with E-state index in [2.05, 4.69) is 34.3 Å². The predicted molar refractivity (Wildman–Crippen MR) is 75.6 cm³/mol. The standard InChI is InChI=1S/C14H23N3O/c1-16(11-12-17-9-7-15-8-10-17)13-5-3-4-6-14(13)18-2/h3-6,15H,7-12H2,1-2H3. The highest BCUT2D eigenvalue weighted by molar-refractivity contribution is 5.57. The Kier molecular flexibility index (Phi) is 4.84. The maximum absolute atomic E-state index is 5.39. The van der Waals surface area contributed by atoms with Crippen molar-refractivity contribution < 1.29 is 4.74 Å². The maximum atomic E-state index is 5.39. The molecule has 1 N–H and O–H groups in total. The number of piperazine rings is 1. The summed E-state index contributed by atoms with van der Waals surface area (Å²) in [6.45, 7) is 6.66. The van der Waals surface area contributed by atoms with Crippen molar-refractivity contribution in [3.05, 3.63) is 24.3 Å². The molecule has 1 aliphatic rings. The normalized spacial score (nSPS) is 16.6. The lowest BCUT2D eigenvalue weighted by molar-refractivity contribution is 0.246. The Hall–Kier alpha value is -1.26. The summed E-state index contributed by atoms with van der Waals surface area (Å²) in [7, 11) is 3.85. The minimum absolute atomic E-state index is 0.945. The lowest BCUT2D eigenvalue weighted by Gasteiger charge is -2.30. The Morgan fingerprint density at radius 3 is 2.72 bits per heavy atom. The van der Waals surface area contributed by atoms with Crippen LogP contribution in [-0.2, 0) is 0 Å². The third kappa shape index (κ3) is 3.37. The van der Waals surface area contributed by atoms with E-state index in [1.54, 1.807) is 7.11 Å². The molecule has 1 saturated heterocycles. The van der Waals surface area contributed by atoms with E-state index in [1.807, 2.05) is 12.1 Å². The Morgan fingerprint density at radius 1 is 1.28 bits per heavy atom. The molecule has 0 bridgehead atoms. The van der Waals surface area contributed by atoms with Gasteiger partial charge in [-0.1, -0.05) is 12.1 Å². The largest absolute Gasteiger partial charge is 0.495 e. The van der Waals surface area contributed by atoms with Crippen LogP contribution in [0.2, 0.25) is 0 Å². The average Bonchev–Trinajstić information content (AvgIpc) is 2.45. The Morgan fingerprint density at radius 2 is 2.00 bits per heavy atom. The van der Waals surface area contributed by atoms with Gasteiger partial charge < -0.3 is 15.0 Å². The summed E-state index contributed by atoms with van der Waals surface area (Å²) in [4.78, 5) is 4.77. The number of methoxy groups -OCH3 is 1. The summed E-state index contributed by atoms with van der Waals surface area (Å²) in [5, 5.41) is 3.38. The number of benzene rings is 1. The number of hydrogen-bond acceptors (Lipinski definition) is 4. The molecule has 2 rings (SSSR count). The van der Waals surface area contributed by atoms with Gasteiger partial charge in [-0.3, -0.25) is 4.90 Å². The van der Waals surface area contributed by atoms with E-state index in [0.717, 1.165) is 50.7 Å². The van der Waals surface area contributed by atoms with E-state index >= 15 is 0 Å². The van der Waals surface area contributed by atoms with Crippen LogP contribution in [0.25, 0.3) is 0 Å². The third-order valence-electron chi connectivity index (χ3n) is 3.46. The molecule has 1 heterocycles. The molecule has 4 heteroatoms. The molecule has 18 heavy (non-hydrogen) atoms. The molecule has 1 fully saturated rings. The van der Waals surface area contributed by atoms with Crippen molar-refractivity contribution >= 4 is 5.69 Å². The number of likely N-dealkylation sites (N-methyl/N-ethyl adjacent to an activating group) is 1. The summed E-state index contributed by atoms with van der Waals surface area (Å²) in [6.07, 6.45) is 0. The Bertz CT molecular complexity index is 364. The van der Waals surface area contributed by atoms with Gasteiger partial charge in [-0.15, -0.1) is 0 Å². The van der Waals surface area contributed by atoms with Crippen LogP contribution in [0.15, 0.2) is 24.3 Å². The number of hydrogen-bond donors (Lipinski definition) is 1. The first-order chi connectivity index (χ1) is 8.81. The number of ether oxygens (including phenoxy) is 1. The lowest BCUT2D eigenvalue weighted by Crippen LogP contribution is -2.46. The minimum atomic E-state index is 0.945. The van der Waals surface area contributed by atoms with Gasteiger partial charge in [0.25, 0.3) is 0 Å². The highest BCUT2D eigenvalue weighted by Gasteiger charge is 2.11. The van der Waals surface area contributed by atoms with Gasteiger partial charge in [0.2, 0.25) is 0 Å². The number of rotatable bonds is 5. The van der Waals surface area contributed by atoms with Gasteiger partial charge in [0.1, 0.15) is 5.75 Å². The molecule has 100 valence electrons. The molecule has 1 aliphatic heterocycles. The van der Waals surface area contributed by atoms with Gasteiger partial charge in [0.05, 0.1) is 12.8 Å². The van der Waals surface area contributed by atoms with Crippen LogP contribution >= 0.6 is 0 Å². The fourth-order valence-electron chi connectivity index (χ4n) is 2.29. The zero-order valence-corrected chi connectivity index (χ0v) is 11.4. The second-order valence-electron chi connectivity index (χ2n) is 4.69. The van der Waals surface area contributed by atoms with Crippen LogP contribution in [0, 0.1) is 0 Å². The number of anilines is 1. The van der Waals surface area contributed by atoms with Crippen LogP contribution in [0.3, 0.4) is 0 Å². The molecule has 0 amide bonds. The van der Waals surface area contributed by atoms with Crippen molar-refractivity contribution in [1.29, 1.82) is 0 Å². The average molecular weight is 249 g/mol. The van der Waals surface area contributed by atoms with Crippen LogP contribution in [0.5, 0.6) is 5.75 Å². The van der Waals surface area contributed by atoms with E-state index in [4.69, 9.17) is 4.74 Å². The molecule has 0 aromatic heterocycles. The molecule has 0 unspecified atom stereocenters.